The Labute approximate surface area is 239 Å². The van der Waals surface area contributed by atoms with Gasteiger partial charge in [0.2, 0.25) is 0 Å². The molecule has 6 nitrogen and oxygen atoms in total. The Bertz CT molecular complexity index is 1750. The molecule has 0 saturated heterocycles. The van der Waals surface area contributed by atoms with Crippen LogP contribution in [0.4, 0.5) is 4.39 Å². The number of aryl methyl sites for hydroxylation is 5. The van der Waals surface area contributed by atoms with Crippen molar-refractivity contribution in [3.8, 4) is 16.9 Å². The second-order valence-electron chi connectivity index (χ2n) is 10.9. The lowest BCUT2D eigenvalue weighted by Crippen LogP contribution is -2.06. The third-order valence-electron chi connectivity index (χ3n) is 8.31. The molecule has 3 heterocycles. The molecule has 41 heavy (non-hydrogen) atoms. The number of aldehydes is 1. The summed E-state index contributed by atoms with van der Waals surface area (Å²) in [4.78, 5) is 12.7. The number of halogens is 1. The van der Waals surface area contributed by atoms with Crippen LogP contribution in [0.15, 0.2) is 48.5 Å². The topological polar surface area (TPSA) is 58.3 Å². The Morgan fingerprint density at radius 1 is 1.10 bits per heavy atom. The maximum atomic E-state index is 13.7. The average molecular weight is 554 g/mol. The minimum Gasteiger partial charge on any atom is -0.493 e. The Morgan fingerprint density at radius 2 is 1.95 bits per heavy atom. The summed E-state index contributed by atoms with van der Waals surface area (Å²) >= 11 is 0. The Morgan fingerprint density at radius 3 is 2.78 bits per heavy atom. The van der Waals surface area contributed by atoms with Gasteiger partial charge >= 0.3 is 0 Å². The van der Waals surface area contributed by atoms with Gasteiger partial charge in [0.05, 0.1) is 35.8 Å². The lowest BCUT2D eigenvalue weighted by molar-refractivity contribution is 0.110. The molecule has 0 spiro atoms. The molecule has 7 heteroatoms. The number of hydrogen-bond donors (Lipinski definition) is 0. The minimum absolute atomic E-state index is 0.259. The fourth-order valence-electron chi connectivity index (χ4n) is 6.33. The fraction of sp³-hybridized carbons (Fsp3) is 0.353. The summed E-state index contributed by atoms with van der Waals surface area (Å²) in [6.07, 6.45) is 5.14. The van der Waals surface area contributed by atoms with Gasteiger partial charge in [0.25, 0.3) is 0 Å². The maximum Gasteiger partial charge on any atom is 0.166 e. The van der Waals surface area contributed by atoms with Crippen molar-refractivity contribution < 1.29 is 18.7 Å². The molecular weight excluding hydrogens is 517 g/mol. The quantitative estimate of drug-likeness (QED) is 0.156. The highest BCUT2D eigenvalue weighted by Crippen LogP contribution is 2.41. The van der Waals surface area contributed by atoms with E-state index >= 15 is 0 Å². The molecule has 212 valence electrons. The molecule has 6 rings (SSSR count). The third-order valence-corrected chi connectivity index (χ3v) is 8.31. The van der Waals surface area contributed by atoms with Crippen LogP contribution in [-0.4, -0.2) is 33.8 Å². The van der Waals surface area contributed by atoms with Crippen molar-refractivity contribution in [2.45, 2.75) is 59.1 Å². The highest BCUT2D eigenvalue weighted by atomic mass is 19.1. The summed E-state index contributed by atoms with van der Waals surface area (Å²) in [5.41, 5.74) is 8.51. The summed E-state index contributed by atoms with van der Waals surface area (Å²) in [7, 11) is 1.99. The smallest absolute Gasteiger partial charge is 0.166 e. The van der Waals surface area contributed by atoms with Gasteiger partial charge in [-0.05, 0) is 79.8 Å². The van der Waals surface area contributed by atoms with Crippen LogP contribution < -0.4 is 4.74 Å². The molecule has 0 fully saturated rings. The van der Waals surface area contributed by atoms with Crippen molar-refractivity contribution in [3.63, 3.8) is 0 Å². The lowest BCUT2D eigenvalue weighted by atomic mass is 9.93. The third kappa shape index (κ3) is 4.93. The molecule has 0 atom stereocenters. The van der Waals surface area contributed by atoms with Crippen molar-refractivity contribution in [1.29, 1.82) is 0 Å². The molecule has 1 aliphatic heterocycles. The fourth-order valence-corrected chi connectivity index (χ4v) is 6.33. The molecule has 0 saturated carbocycles. The van der Waals surface area contributed by atoms with Crippen molar-refractivity contribution in [2.75, 3.05) is 13.2 Å². The highest BCUT2D eigenvalue weighted by molar-refractivity contribution is 6.03. The molecule has 1 aliphatic rings. The lowest BCUT2D eigenvalue weighted by Gasteiger charge is -2.14. The molecule has 0 radical (unpaired) electrons. The van der Waals surface area contributed by atoms with Crippen LogP contribution in [0.25, 0.3) is 32.8 Å². The van der Waals surface area contributed by atoms with E-state index in [2.05, 4.69) is 30.5 Å². The number of carbonyl (C=O) groups is 1. The number of carbonyl (C=O) groups excluding carboxylic acids is 1. The summed E-state index contributed by atoms with van der Waals surface area (Å²) < 4.78 is 30.2. The van der Waals surface area contributed by atoms with Gasteiger partial charge < -0.3 is 14.0 Å². The molecule has 0 N–H and O–H groups in total. The average Bonchev–Trinajstić information content (AvgIpc) is 3.44. The number of rotatable bonds is 7. The Hall–Kier alpha value is -3.97. The van der Waals surface area contributed by atoms with Gasteiger partial charge in [0, 0.05) is 42.1 Å². The number of fused-ring (bicyclic) bond motifs is 3. The zero-order chi connectivity index (χ0) is 28.5. The normalized spacial score (nSPS) is 13.8. The van der Waals surface area contributed by atoms with Gasteiger partial charge in [0.1, 0.15) is 11.6 Å². The van der Waals surface area contributed by atoms with Crippen molar-refractivity contribution >= 4 is 28.0 Å². The molecule has 2 aromatic heterocycles. The zero-order valence-corrected chi connectivity index (χ0v) is 24.0. The number of ether oxygens (including phenoxy) is 2. The van der Waals surface area contributed by atoms with Gasteiger partial charge in [0.15, 0.2) is 6.29 Å². The van der Waals surface area contributed by atoms with Crippen molar-refractivity contribution in [2.24, 2.45) is 7.05 Å². The van der Waals surface area contributed by atoms with E-state index in [1.807, 2.05) is 29.9 Å². The van der Waals surface area contributed by atoms with Crippen LogP contribution >= 0.6 is 0 Å². The van der Waals surface area contributed by atoms with E-state index in [0.717, 1.165) is 99.7 Å². The summed E-state index contributed by atoms with van der Waals surface area (Å²) in [6.45, 7) is 6.72. The van der Waals surface area contributed by atoms with E-state index in [1.165, 1.54) is 17.7 Å². The van der Waals surface area contributed by atoms with Gasteiger partial charge in [-0.25, -0.2) is 4.39 Å². The van der Waals surface area contributed by atoms with E-state index in [-0.39, 0.29) is 5.82 Å². The molecular formula is C34H36FN3O3. The first kappa shape index (κ1) is 27.2. The molecule has 5 aromatic rings. The second-order valence-corrected chi connectivity index (χ2v) is 10.9. The van der Waals surface area contributed by atoms with Crippen LogP contribution in [0.2, 0.25) is 0 Å². The summed E-state index contributed by atoms with van der Waals surface area (Å²) in [5, 5.41) is 7.69. The first-order valence-corrected chi connectivity index (χ1v) is 14.6. The van der Waals surface area contributed by atoms with Gasteiger partial charge in [-0.15, -0.1) is 0 Å². The standard InChI is InChI=1S/C34H36FN3O3/c1-4-28-33-30(37(3)36-28)21-40-17-6-5-16-38-29(20-39)26(27-14-12-22(2)32(33)34(27)38)10-8-18-41-31-11-7-9-23-19-24(35)13-15-25(23)31/h7,9,11-15,19-20H,4-6,8,10,16-18,21H2,1-3H3. The van der Waals surface area contributed by atoms with E-state index < -0.39 is 0 Å². The van der Waals surface area contributed by atoms with E-state index in [4.69, 9.17) is 14.6 Å². The van der Waals surface area contributed by atoms with E-state index in [9.17, 15) is 9.18 Å². The van der Waals surface area contributed by atoms with Crippen molar-refractivity contribution in [1.82, 2.24) is 14.3 Å². The van der Waals surface area contributed by atoms with Crippen LogP contribution in [0.1, 0.15) is 59.2 Å². The Balaban J connectivity index is 1.40. The maximum absolute atomic E-state index is 13.7. The molecule has 0 unspecified atom stereocenters. The van der Waals surface area contributed by atoms with Gasteiger partial charge in [-0.1, -0.05) is 31.2 Å². The highest BCUT2D eigenvalue weighted by Gasteiger charge is 2.26. The minimum atomic E-state index is -0.259. The largest absolute Gasteiger partial charge is 0.493 e. The van der Waals surface area contributed by atoms with Crippen LogP contribution in [0.5, 0.6) is 5.75 Å². The first-order chi connectivity index (χ1) is 20.0. The molecule has 0 bridgehead atoms. The predicted octanol–water partition coefficient (Wildman–Crippen LogP) is 7.34. The van der Waals surface area contributed by atoms with Crippen LogP contribution in [0, 0.1) is 12.7 Å². The number of aromatic nitrogens is 3. The number of nitrogens with zero attached hydrogens (tertiary/aromatic N) is 3. The monoisotopic (exact) mass is 553 g/mol. The van der Waals surface area contributed by atoms with E-state index in [1.54, 1.807) is 6.07 Å². The van der Waals surface area contributed by atoms with Crippen LogP contribution in [0.3, 0.4) is 0 Å². The second kappa shape index (κ2) is 11.5. The molecule has 3 aromatic carbocycles. The summed E-state index contributed by atoms with van der Waals surface area (Å²) in [6, 6.07) is 14.8. The predicted molar refractivity (Wildman–Crippen MR) is 160 cm³/mol. The first-order valence-electron chi connectivity index (χ1n) is 14.6. The van der Waals surface area contributed by atoms with Crippen LogP contribution in [-0.2, 0) is 37.8 Å². The Kier molecular flexibility index (Phi) is 7.63. The number of hydrogen-bond acceptors (Lipinski definition) is 4. The number of benzene rings is 3. The van der Waals surface area contributed by atoms with Gasteiger partial charge in [-0.2, -0.15) is 5.10 Å². The summed E-state index contributed by atoms with van der Waals surface area (Å²) in [5.74, 6) is 0.483. The van der Waals surface area contributed by atoms with Crippen molar-refractivity contribution in [3.05, 3.63) is 82.6 Å². The molecule has 0 aliphatic carbocycles. The van der Waals surface area contributed by atoms with Gasteiger partial charge in [-0.3, -0.25) is 9.48 Å². The zero-order valence-electron chi connectivity index (χ0n) is 24.0. The molecule has 0 amide bonds. The van der Waals surface area contributed by atoms with E-state index in [0.29, 0.717) is 26.2 Å². The SMILES string of the molecule is CCc1nn(C)c2c1-c1c(C)ccc3c(CCCOc4cccc5cc(F)ccc45)c(C=O)n(c13)CCCCOC2.